The van der Waals surface area contributed by atoms with Gasteiger partial charge in [0.1, 0.15) is 12.4 Å². The van der Waals surface area contributed by atoms with Gasteiger partial charge in [-0.1, -0.05) is 39.3 Å². The van der Waals surface area contributed by atoms with E-state index < -0.39 is 0 Å². The third-order valence-corrected chi connectivity index (χ3v) is 3.87. The average molecular weight is 262 g/mol. The molecule has 3 nitrogen and oxygen atoms in total. The van der Waals surface area contributed by atoms with Crippen molar-refractivity contribution in [1.29, 1.82) is 0 Å². The molecule has 1 aromatic rings. The molecule has 2 rings (SSSR count). The largest absolute Gasteiger partial charge is 0.489 e. The molecule has 0 saturated carbocycles. The summed E-state index contributed by atoms with van der Waals surface area (Å²) >= 11 is 0. The quantitative estimate of drug-likeness (QED) is 0.851. The van der Waals surface area contributed by atoms with Crippen molar-refractivity contribution in [3.05, 3.63) is 23.8 Å². The number of ether oxygens (including phenoxy) is 1. The van der Waals surface area contributed by atoms with Gasteiger partial charge in [-0.2, -0.15) is 0 Å². The molecule has 0 fully saturated rings. The summed E-state index contributed by atoms with van der Waals surface area (Å²) in [5, 5.41) is 3.40. The Morgan fingerprint density at radius 1 is 1.37 bits per heavy atom. The standard InChI is InChI=1S/C16H26N2O/c1-4-13(3)11-18(5-2)12-14-7-6-8-15-16(14)19-10-9-17-15/h6-8,13,17H,4-5,9-12H2,1-3H3. The molecule has 0 bridgehead atoms. The Hall–Kier alpha value is -1.22. The van der Waals surface area contributed by atoms with Gasteiger partial charge in [0.15, 0.2) is 0 Å². The van der Waals surface area contributed by atoms with Gasteiger partial charge < -0.3 is 10.1 Å². The second kappa shape index (κ2) is 6.80. The third-order valence-electron chi connectivity index (χ3n) is 3.87. The van der Waals surface area contributed by atoms with E-state index in [4.69, 9.17) is 4.74 Å². The lowest BCUT2D eigenvalue weighted by Gasteiger charge is -2.27. The fourth-order valence-electron chi connectivity index (χ4n) is 2.47. The van der Waals surface area contributed by atoms with Gasteiger partial charge in [-0.25, -0.2) is 0 Å². The van der Waals surface area contributed by atoms with Gasteiger partial charge in [0.2, 0.25) is 0 Å². The number of nitrogens with one attached hydrogen (secondary N) is 1. The van der Waals surface area contributed by atoms with Crippen LogP contribution in [0, 0.1) is 5.92 Å². The predicted octanol–water partition coefficient (Wildman–Crippen LogP) is 3.36. The molecule has 0 spiro atoms. The highest BCUT2D eigenvalue weighted by atomic mass is 16.5. The van der Waals surface area contributed by atoms with Crippen LogP contribution in [0.4, 0.5) is 5.69 Å². The lowest BCUT2D eigenvalue weighted by atomic mass is 10.1. The van der Waals surface area contributed by atoms with Crippen molar-refractivity contribution in [1.82, 2.24) is 4.90 Å². The molecule has 1 aromatic carbocycles. The van der Waals surface area contributed by atoms with Crippen molar-refractivity contribution >= 4 is 5.69 Å². The van der Waals surface area contributed by atoms with Crippen LogP contribution in [0.25, 0.3) is 0 Å². The Morgan fingerprint density at radius 2 is 2.21 bits per heavy atom. The van der Waals surface area contributed by atoms with E-state index in [0.717, 1.165) is 50.1 Å². The van der Waals surface area contributed by atoms with Crippen LogP contribution in [0.15, 0.2) is 18.2 Å². The van der Waals surface area contributed by atoms with Crippen LogP contribution in [0.1, 0.15) is 32.8 Å². The van der Waals surface area contributed by atoms with Crippen LogP contribution in [-0.2, 0) is 6.54 Å². The van der Waals surface area contributed by atoms with E-state index >= 15 is 0 Å². The molecular weight excluding hydrogens is 236 g/mol. The van der Waals surface area contributed by atoms with E-state index in [0.29, 0.717) is 0 Å². The molecule has 106 valence electrons. The third kappa shape index (κ3) is 3.63. The van der Waals surface area contributed by atoms with Crippen LogP contribution < -0.4 is 10.1 Å². The molecular formula is C16H26N2O. The number of benzene rings is 1. The van der Waals surface area contributed by atoms with Crippen LogP contribution >= 0.6 is 0 Å². The summed E-state index contributed by atoms with van der Waals surface area (Å²) in [6.07, 6.45) is 1.24. The molecule has 0 saturated heterocycles. The normalized spacial score (nSPS) is 15.6. The number of para-hydroxylation sites is 1. The molecule has 0 aliphatic carbocycles. The monoisotopic (exact) mass is 262 g/mol. The molecule has 19 heavy (non-hydrogen) atoms. The summed E-state index contributed by atoms with van der Waals surface area (Å²) in [6, 6.07) is 6.40. The molecule has 1 aliphatic rings. The Balaban J connectivity index is 2.09. The average Bonchev–Trinajstić information content (AvgIpc) is 2.46. The van der Waals surface area contributed by atoms with E-state index in [-0.39, 0.29) is 0 Å². The van der Waals surface area contributed by atoms with Gasteiger partial charge in [0.25, 0.3) is 0 Å². The van der Waals surface area contributed by atoms with Gasteiger partial charge in [-0.3, -0.25) is 4.90 Å². The van der Waals surface area contributed by atoms with Crippen molar-refractivity contribution < 1.29 is 4.74 Å². The summed E-state index contributed by atoms with van der Waals surface area (Å²) in [7, 11) is 0. The van der Waals surface area contributed by atoms with Crippen molar-refractivity contribution in [2.75, 3.05) is 31.6 Å². The summed E-state index contributed by atoms with van der Waals surface area (Å²) in [5.41, 5.74) is 2.44. The number of rotatable bonds is 6. The first-order valence-corrected chi connectivity index (χ1v) is 7.45. The maximum Gasteiger partial charge on any atom is 0.146 e. The van der Waals surface area contributed by atoms with Gasteiger partial charge >= 0.3 is 0 Å². The van der Waals surface area contributed by atoms with Crippen LogP contribution in [0.2, 0.25) is 0 Å². The highest BCUT2D eigenvalue weighted by Gasteiger charge is 2.16. The van der Waals surface area contributed by atoms with Gasteiger partial charge in [0, 0.05) is 25.2 Å². The molecule has 0 radical (unpaired) electrons. The summed E-state index contributed by atoms with van der Waals surface area (Å²) < 4.78 is 5.84. The Kier molecular flexibility index (Phi) is 5.08. The maximum absolute atomic E-state index is 5.84. The topological polar surface area (TPSA) is 24.5 Å². The lowest BCUT2D eigenvalue weighted by molar-refractivity contribution is 0.232. The zero-order chi connectivity index (χ0) is 13.7. The minimum atomic E-state index is 0.749. The maximum atomic E-state index is 5.84. The zero-order valence-corrected chi connectivity index (χ0v) is 12.4. The molecule has 1 heterocycles. The lowest BCUT2D eigenvalue weighted by Crippen LogP contribution is -2.28. The Morgan fingerprint density at radius 3 is 2.95 bits per heavy atom. The molecule has 1 aliphatic heterocycles. The molecule has 1 atom stereocenters. The second-order valence-corrected chi connectivity index (χ2v) is 5.41. The summed E-state index contributed by atoms with van der Waals surface area (Å²) in [4.78, 5) is 2.50. The first-order chi connectivity index (χ1) is 9.24. The van der Waals surface area contributed by atoms with Crippen molar-refractivity contribution in [2.24, 2.45) is 5.92 Å². The van der Waals surface area contributed by atoms with Gasteiger partial charge in [-0.05, 0) is 18.5 Å². The summed E-state index contributed by atoms with van der Waals surface area (Å²) in [6.45, 7) is 11.7. The number of hydrogen-bond donors (Lipinski definition) is 1. The Labute approximate surface area is 116 Å². The van der Waals surface area contributed by atoms with Crippen LogP contribution in [0.3, 0.4) is 0 Å². The highest BCUT2D eigenvalue weighted by molar-refractivity contribution is 5.61. The number of anilines is 1. The first-order valence-electron chi connectivity index (χ1n) is 7.45. The molecule has 1 N–H and O–H groups in total. The summed E-state index contributed by atoms with van der Waals surface area (Å²) in [5.74, 6) is 1.80. The highest BCUT2D eigenvalue weighted by Crippen LogP contribution is 2.32. The van der Waals surface area contributed by atoms with Crippen molar-refractivity contribution in [3.63, 3.8) is 0 Å². The number of fused-ring (bicyclic) bond motifs is 1. The van der Waals surface area contributed by atoms with E-state index in [9.17, 15) is 0 Å². The Bertz CT molecular complexity index is 406. The van der Waals surface area contributed by atoms with Crippen LogP contribution in [0.5, 0.6) is 5.75 Å². The second-order valence-electron chi connectivity index (χ2n) is 5.41. The SMILES string of the molecule is CCC(C)CN(CC)Cc1cccc2c1OCCN2. The minimum absolute atomic E-state index is 0.749. The van der Waals surface area contributed by atoms with Crippen molar-refractivity contribution in [2.45, 2.75) is 33.7 Å². The zero-order valence-electron chi connectivity index (χ0n) is 12.4. The van der Waals surface area contributed by atoms with E-state index in [1.165, 1.54) is 12.0 Å². The molecule has 3 heteroatoms. The number of hydrogen-bond acceptors (Lipinski definition) is 3. The molecule has 1 unspecified atom stereocenters. The van der Waals surface area contributed by atoms with Gasteiger partial charge in [0.05, 0.1) is 5.69 Å². The van der Waals surface area contributed by atoms with E-state index in [1.54, 1.807) is 0 Å². The van der Waals surface area contributed by atoms with Gasteiger partial charge in [-0.15, -0.1) is 0 Å². The minimum Gasteiger partial charge on any atom is -0.489 e. The van der Waals surface area contributed by atoms with Crippen LogP contribution in [-0.4, -0.2) is 31.1 Å². The molecule has 0 amide bonds. The number of nitrogens with zero attached hydrogens (tertiary/aromatic N) is 1. The van der Waals surface area contributed by atoms with E-state index in [1.807, 2.05) is 0 Å². The fraction of sp³-hybridized carbons (Fsp3) is 0.625. The first kappa shape index (κ1) is 14.2. The predicted molar refractivity (Wildman–Crippen MR) is 80.8 cm³/mol. The molecule has 0 aromatic heterocycles. The smallest absolute Gasteiger partial charge is 0.146 e. The van der Waals surface area contributed by atoms with E-state index in [2.05, 4.69) is 49.2 Å². The fourth-order valence-corrected chi connectivity index (χ4v) is 2.47. The van der Waals surface area contributed by atoms with Crippen molar-refractivity contribution in [3.8, 4) is 5.75 Å².